The number of ether oxygens (including phenoxy) is 1. The molecule has 5 nitrogen and oxygen atoms in total. The van der Waals surface area contributed by atoms with Crippen molar-refractivity contribution >= 4 is 23.2 Å². The lowest BCUT2D eigenvalue weighted by atomic mass is 10.1. The number of carbonyl (C=O) groups excluding carboxylic acids is 2. The zero-order chi connectivity index (χ0) is 22.1. The van der Waals surface area contributed by atoms with Crippen LogP contribution in [0.15, 0.2) is 60.7 Å². The SMILES string of the molecule is CC1Oc2ccc(NC(=O)c3cc(F)ccc3F)cc2N(Cc2ccc(F)cc2)C1=O. The molecule has 31 heavy (non-hydrogen) atoms. The summed E-state index contributed by atoms with van der Waals surface area (Å²) in [5.41, 5.74) is 0.917. The van der Waals surface area contributed by atoms with Gasteiger partial charge in [0.15, 0.2) is 6.10 Å². The Morgan fingerprint density at radius 2 is 1.71 bits per heavy atom. The summed E-state index contributed by atoms with van der Waals surface area (Å²) in [4.78, 5) is 26.6. The van der Waals surface area contributed by atoms with Gasteiger partial charge in [-0.25, -0.2) is 13.2 Å². The van der Waals surface area contributed by atoms with Gasteiger partial charge >= 0.3 is 0 Å². The van der Waals surface area contributed by atoms with E-state index in [1.54, 1.807) is 25.1 Å². The van der Waals surface area contributed by atoms with Crippen LogP contribution in [0.1, 0.15) is 22.8 Å². The highest BCUT2D eigenvalue weighted by Gasteiger charge is 2.32. The Kier molecular flexibility index (Phi) is 5.37. The van der Waals surface area contributed by atoms with Gasteiger partial charge < -0.3 is 15.0 Å². The molecule has 8 heteroatoms. The maximum absolute atomic E-state index is 13.9. The summed E-state index contributed by atoms with van der Waals surface area (Å²) in [6.45, 7) is 1.78. The molecule has 1 atom stereocenters. The molecule has 0 radical (unpaired) electrons. The van der Waals surface area contributed by atoms with Crippen LogP contribution in [0, 0.1) is 17.5 Å². The van der Waals surface area contributed by atoms with Crippen LogP contribution >= 0.6 is 0 Å². The van der Waals surface area contributed by atoms with E-state index in [0.717, 1.165) is 18.2 Å². The van der Waals surface area contributed by atoms with Gasteiger partial charge in [-0.05, 0) is 61.0 Å². The number of hydrogen-bond acceptors (Lipinski definition) is 3. The Bertz CT molecular complexity index is 1170. The Morgan fingerprint density at radius 1 is 1.00 bits per heavy atom. The molecular formula is C23H17F3N2O3. The molecule has 0 saturated carbocycles. The number of carbonyl (C=O) groups is 2. The maximum atomic E-state index is 13.9. The first-order valence-electron chi connectivity index (χ1n) is 9.45. The molecule has 1 N–H and O–H groups in total. The highest BCUT2D eigenvalue weighted by molar-refractivity contribution is 6.06. The number of rotatable bonds is 4. The molecule has 3 aromatic rings. The van der Waals surface area contributed by atoms with Crippen LogP contribution in [-0.4, -0.2) is 17.9 Å². The predicted molar refractivity (Wildman–Crippen MR) is 108 cm³/mol. The van der Waals surface area contributed by atoms with Crippen molar-refractivity contribution in [2.45, 2.75) is 19.6 Å². The molecule has 4 rings (SSSR count). The van der Waals surface area contributed by atoms with E-state index >= 15 is 0 Å². The summed E-state index contributed by atoms with van der Waals surface area (Å²) in [5.74, 6) is -2.71. The maximum Gasteiger partial charge on any atom is 0.268 e. The zero-order valence-electron chi connectivity index (χ0n) is 16.4. The van der Waals surface area contributed by atoms with E-state index < -0.39 is 29.2 Å². The van der Waals surface area contributed by atoms with Gasteiger partial charge in [-0.2, -0.15) is 0 Å². The second kappa shape index (κ2) is 8.14. The smallest absolute Gasteiger partial charge is 0.268 e. The van der Waals surface area contributed by atoms with Crippen LogP contribution in [0.5, 0.6) is 5.75 Å². The van der Waals surface area contributed by atoms with Crippen LogP contribution in [0.2, 0.25) is 0 Å². The second-order valence-corrected chi connectivity index (χ2v) is 7.07. The lowest BCUT2D eigenvalue weighted by Crippen LogP contribution is -2.44. The fourth-order valence-electron chi connectivity index (χ4n) is 3.29. The van der Waals surface area contributed by atoms with Crippen LogP contribution in [-0.2, 0) is 11.3 Å². The quantitative estimate of drug-likeness (QED) is 0.660. The van der Waals surface area contributed by atoms with E-state index in [1.165, 1.54) is 29.2 Å². The summed E-state index contributed by atoms with van der Waals surface area (Å²) in [6, 6.07) is 13.0. The van der Waals surface area contributed by atoms with Crippen molar-refractivity contribution in [3.05, 3.63) is 89.2 Å². The Balaban J connectivity index is 1.64. The summed E-state index contributed by atoms with van der Waals surface area (Å²) in [7, 11) is 0. The molecule has 0 aromatic heterocycles. The lowest BCUT2D eigenvalue weighted by molar-refractivity contribution is -0.125. The molecule has 1 unspecified atom stereocenters. The first-order valence-corrected chi connectivity index (χ1v) is 9.45. The minimum absolute atomic E-state index is 0.162. The zero-order valence-corrected chi connectivity index (χ0v) is 16.4. The van der Waals surface area contributed by atoms with Crippen LogP contribution < -0.4 is 15.0 Å². The van der Waals surface area contributed by atoms with E-state index in [0.29, 0.717) is 17.0 Å². The van der Waals surface area contributed by atoms with Crippen molar-refractivity contribution in [2.24, 2.45) is 0 Å². The van der Waals surface area contributed by atoms with Gasteiger partial charge in [-0.15, -0.1) is 0 Å². The standard InChI is InChI=1S/C23H17F3N2O3/c1-13-23(30)28(12-14-2-4-15(24)5-3-14)20-11-17(7-9-21(20)31-13)27-22(29)18-10-16(25)6-8-19(18)26/h2-11,13H,12H2,1H3,(H,27,29). The van der Waals surface area contributed by atoms with Crippen molar-refractivity contribution in [1.82, 2.24) is 0 Å². The van der Waals surface area contributed by atoms with Crippen LogP contribution in [0.25, 0.3) is 0 Å². The lowest BCUT2D eigenvalue weighted by Gasteiger charge is -2.33. The first-order chi connectivity index (χ1) is 14.8. The van der Waals surface area contributed by atoms with Crippen molar-refractivity contribution in [3.8, 4) is 5.75 Å². The Labute approximate surface area is 176 Å². The number of hydrogen-bond donors (Lipinski definition) is 1. The highest BCUT2D eigenvalue weighted by atomic mass is 19.1. The van der Waals surface area contributed by atoms with Crippen molar-refractivity contribution in [2.75, 3.05) is 10.2 Å². The topological polar surface area (TPSA) is 58.6 Å². The van der Waals surface area contributed by atoms with Crippen molar-refractivity contribution in [3.63, 3.8) is 0 Å². The van der Waals surface area contributed by atoms with E-state index in [1.807, 2.05) is 0 Å². The van der Waals surface area contributed by atoms with Gasteiger partial charge in [0.1, 0.15) is 23.2 Å². The molecule has 0 aliphatic carbocycles. The minimum Gasteiger partial charge on any atom is -0.479 e. The van der Waals surface area contributed by atoms with E-state index in [2.05, 4.69) is 5.32 Å². The summed E-state index contributed by atoms with van der Waals surface area (Å²) < 4.78 is 46.2. The predicted octanol–water partition coefficient (Wildman–Crippen LogP) is 4.67. The average molecular weight is 426 g/mol. The second-order valence-electron chi connectivity index (χ2n) is 7.07. The fourth-order valence-corrected chi connectivity index (χ4v) is 3.29. The molecule has 0 saturated heterocycles. The number of anilines is 2. The Morgan fingerprint density at radius 3 is 2.45 bits per heavy atom. The molecule has 0 bridgehead atoms. The third kappa shape index (κ3) is 4.23. The first kappa shape index (κ1) is 20.5. The largest absolute Gasteiger partial charge is 0.479 e. The average Bonchev–Trinajstić information content (AvgIpc) is 2.75. The minimum atomic E-state index is -0.859. The number of fused-ring (bicyclic) bond motifs is 1. The normalized spacial score (nSPS) is 15.3. The summed E-state index contributed by atoms with van der Waals surface area (Å²) >= 11 is 0. The van der Waals surface area contributed by atoms with Gasteiger partial charge in [0, 0.05) is 5.69 Å². The van der Waals surface area contributed by atoms with Gasteiger partial charge in [-0.1, -0.05) is 12.1 Å². The number of halogens is 3. The number of nitrogens with zero attached hydrogens (tertiary/aromatic N) is 1. The molecule has 0 fully saturated rings. The van der Waals surface area contributed by atoms with Gasteiger partial charge in [0.05, 0.1) is 17.8 Å². The Hall–Kier alpha value is -3.81. The monoisotopic (exact) mass is 426 g/mol. The summed E-state index contributed by atoms with van der Waals surface area (Å²) in [5, 5.41) is 2.51. The van der Waals surface area contributed by atoms with E-state index in [9.17, 15) is 22.8 Å². The molecule has 1 aliphatic rings. The van der Waals surface area contributed by atoms with Gasteiger partial charge in [-0.3, -0.25) is 9.59 Å². The molecule has 2 amide bonds. The van der Waals surface area contributed by atoms with Crippen LogP contribution in [0.3, 0.4) is 0 Å². The molecule has 1 aliphatic heterocycles. The molecular weight excluding hydrogens is 409 g/mol. The van der Waals surface area contributed by atoms with Crippen molar-refractivity contribution < 1.29 is 27.5 Å². The molecule has 0 spiro atoms. The van der Waals surface area contributed by atoms with E-state index in [4.69, 9.17) is 4.74 Å². The van der Waals surface area contributed by atoms with Gasteiger partial charge in [0.2, 0.25) is 0 Å². The number of amides is 2. The molecule has 1 heterocycles. The third-order valence-corrected chi connectivity index (χ3v) is 4.85. The molecule has 158 valence electrons. The fraction of sp³-hybridized carbons (Fsp3) is 0.130. The number of nitrogens with one attached hydrogen (secondary N) is 1. The van der Waals surface area contributed by atoms with E-state index in [-0.39, 0.29) is 24.0 Å². The number of benzene rings is 3. The van der Waals surface area contributed by atoms with Crippen molar-refractivity contribution in [1.29, 1.82) is 0 Å². The summed E-state index contributed by atoms with van der Waals surface area (Å²) in [6.07, 6.45) is -0.727. The molecule has 3 aromatic carbocycles. The van der Waals surface area contributed by atoms with Crippen LogP contribution in [0.4, 0.5) is 24.5 Å². The third-order valence-electron chi connectivity index (χ3n) is 4.85. The van der Waals surface area contributed by atoms with Gasteiger partial charge in [0.25, 0.3) is 11.8 Å². The highest BCUT2D eigenvalue weighted by Crippen LogP contribution is 2.37.